The molecule has 2 N–H and O–H groups in total. The highest BCUT2D eigenvalue weighted by Gasteiger charge is 2.26. The van der Waals surface area contributed by atoms with Gasteiger partial charge in [-0.15, -0.1) is 10.2 Å². The van der Waals surface area contributed by atoms with Crippen molar-refractivity contribution in [3.05, 3.63) is 69.5 Å². The van der Waals surface area contributed by atoms with Crippen molar-refractivity contribution in [2.24, 2.45) is 5.92 Å². The molecule has 0 bridgehead atoms. The van der Waals surface area contributed by atoms with Gasteiger partial charge in [-0.1, -0.05) is 60.9 Å². The Hall–Kier alpha value is -2.55. The lowest BCUT2D eigenvalue weighted by atomic mass is 10.0. The number of aromatic nitrogens is 3. The van der Waals surface area contributed by atoms with E-state index >= 15 is 0 Å². The van der Waals surface area contributed by atoms with E-state index in [0.29, 0.717) is 33.1 Å². The molecule has 0 radical (unpaired) electrons. The molecule has 7 nitrogen and oxygen atoms in total. The van der Waals surface area contributed by atoms with Crippen molar-refractivity contribution in [1.29, 1.82) is 0 Å². The number of nitrogens with one attached hydrogen (secondary N) is 2. The number of hydrogen-bond acceptors (Lipinski definition) is 5. The lowest BCUT2D eigenvalue weighted by Crippen LogP contribution is -2.33. The maximum atomic E-state index is 12.9. The van der Waals surface area contributed by atoms with Gasteiger partial charge >= 0.3 is 0 Å². The Morgan fingerprint density at radius 1 is 1.09 bits per heavy atom. The second kappa shape index (κ2) is 11.7. The van der Waals surface area contributed by atoms with Crippen molar-refractivity contribution >= 4 is 52.5 Å². The predicted octanol–water partition coefficient (Wildman–Crippen LogP) is 5.77. The van der Waals surface area contributed by atoms with E-state index in [9.17, 15) is 9.59 Å². The third kappa shape index (κ3) is 6.52. The molecule has 1 aromatic heterocycles. The minimum absolute atomic E-state index is 0.0451. The molecule has 2 amide bonds. The molecular formula is C24H27Cl2N5O2S. The minimum atomic E-state index is -0.384. The van der Waals surface area contributed by atoms with Crippen LogP contribution in [0, 0.1) is 12.8 Å². The van der Waals surface area contributed by atoms with E-state index in [4.69, 9.17) is 23.2 Å². The Labute approximate surface area is 213 Å². The van der Waals surface area contributed by atoms with E-state index < -0.39 is 0 Å². The van der Waals surface area contributed by atoms with E-state index in [-0.39, 0.29) is 29.5 Å². The van der Waals surface area contributed by atoms with Crippen LogP contribution in [-0.2, 0) is 11.3 Å². The van der Waals surface area contributed by atoms with Crippen LogP contribution in [0.3, 0.4) is 0 Å². The van der Waals surface area contributed by atoms with Gasteiger partial charge in [-0.25, -0.2) is 0 Å². The summed E-state index contributed by atoms with van der Waals surface area (Å²) in [5.41, 5.74) is 2.24. The number of rotatable bonds is 9. The highest BCUT2D eigenvalue weighted by Crippen LogP contribution is 2.27. The first-order valence-electron chi connectivity index (χ1n) is 10.9. The van der Waals surface area contributed by atoms with Gasteiger partial charge in [-0.05, 0) is 55.7 Å². The smallest absolute Gasteiger partial charge is 0.251 e. The average molecular weight is 520 g/mol. The Balaban J connectivity index is 1.72. The standard InChI is InChI=1S/C24H27Cl2N5O2S/c1-5-31-22(21(14(2)3)28-23(33)16-9-10-18(25)19(26)12-16)29-30-24(31)34-13-20(32)27-17-8-6-7-15(4)11-17/h6-12,14,21H,5,13H2,1-4H3,(H,27,32)(H,28,33)/t21-/m0/s1. The summed E-state index contributed by atoms with van der Waals surface area (Å²) in [5, 5.41) is 15.9. The number of hydrogen-bond donors (Lipinski definition) is 2. The lowest BCUT2D eigenvalue weighted by Gasteiger charge is -2.22. The van der Waals surface area contributed by atoms with Crippen LogP contribution in [0.15, 0.2) is 47.6 Å². The molecule has 0 saturated heterocycles. The molecule has 0 aliphatic heterocycles. The number of benzene rings is 2. The first kappa shape index (κ1) is 26.1. The van der Waals surface area contributed by atoms with Gasteiger partial charge in [0.15, 0.2) is 11.0 Å². The first-order chi connectivity index (χ1) is 16.2. The fourth-order valence-corrected chi connectivity index (χ4v) is 4.48. The van der Waals surface area contributed by atoms with Crippen LogP contribution in [0.5, 0.6) is 0 Å². The van der Waals surface area contributed by atoms with Crippen molar-refractivity contribution < 1.29 is 9.59 Å². The summed E-state index contributed by atoms with van der Waals surface area (Å²) in [7, 11) is 0. The normalized spacial score (nSPS) is 12.0. The number of nitrogens with zero attached hydrogens (tertiary/aromatic N) is 3. The molecule has 0 unspecified atom stereocenters. The molecule has 1 atom stereocenters. The molecule has 3 rings (SSSR count). The van der Waals surface area contributed by atoms with E-state index in [1.165, 1.54) is 17.8 Å². The zero-order valence-corrected chi connectivity index (χ0v) is 21.8. The molecule has 0 aliphatic carbocycles. The Morgan fingerprint density at radius 2 is 1.85 bits per heavy atom. The third-order valence-electron chi connectivity index (χ3n) is 5.11. The molecule has 34 heavy (non-hydrogen) atoms. The van der Waals surface area contributed by atoms with Gasteiger partial charge < -0.3 is 15.2 Å². The second-order valence-corrected chi connectivity index (χ2v) is 9.87. The SMILES string of the molecule is CCn1c(SCC(=O)Nc2cccc(C)c2)nnc1[C@@H](NC(=O)c1ccc(Cl)c(Cl)c1)C(C)C. The van der Waals surface area contributed by atoms with Crippen LogP contribution in [0.4, 0.5) is 5.69 Å². The molecule has 180 valence electrons. The number of anilines is 1. The van der Waals surface area contributed by atoms with Crippen molar-refractivity contribution in [3.63, 3.8) is 0 Å². The summed E-state index contributed by atoms with van der Waals surface area (Å²) in [6.45, 7) is 8.53. The van der Waals surface area contributed by atoms with Gasteiger partial charge in [0.05, 0.1) is 21.8 Å². The van der Waals surface area contributed by atoms with E-state index in [1.807, 2.05) is 56.5 Å². The van der Waals surface area contributed by atoms with Crippen molar-refractivity contribution in [1.82, 2.24) is 20.1 Å². The average Bonchev–Trinajstić information content (AvgIpc) is 3.20. The van der Waals surface area contributed by atoms with Gasteiger partial charge in [0.25, 0.3) is 5.91 Å². The molecule has 0 spiro atoms. The highest BCUT2D eigenvalue weighted by atomic mass is 35.5. The zero-order chi connectivity index (χ0) is 24.8. The summed E-state index contributed by atoms with van der Waals surface area (Å²) in [5.74, 6) is 0.454. The maximum Gasteiger partial charge on any atom is 0.251 e. The summed E-state index contributed by atoms with van der Waals surface area (Å²) >= 11 is 13.3. The fourth-order valence-electron chi connectivity index (χ4n) is 3.38. The Bertz CT molecular complexity index is 1180. The molecule has 0 fully saturated rings. The van der Waals surface area contributed by atoms with Crippen LogP contribution in [-0.4, -0.2) is 32.3 Å². The van der Waals surface area contributed by atoms with Gasteiger partial charge in [0.1, 0.15) is 0 Å². The topological polar surface area (TPSA) is 88.9 Å². The summed E-state index contributed by atoms with van der Waals surface area (Å²) in [6, 6.07) is 12.0. The first-order valence-corrected chi connectivity index (χ1v) is 12.6. The van der Waals surface area contributed by atoms with Crippen LogP contribution in [0.25, 0.3) is 0 Å². The van der Waals surface area contributed by atoms with Gasteiger partial charge in [-0.2, -0.15) is 0 Å². The molecule has 1 heterocycles. The number of carbonyl (C=O) groups excluding carboxylic acids is 2. The summed E-state index contributed by atoms with van der Waals surface area (Å²) in [6.07, 6.45) is 0. The molecular weight excluding hydrogens is 493 g/mol. The van der Waals surface area contributed by atoms with Crippen LogP contribution in [0.1, 0.15) is 48.6 Å². The molecule has 10 heteroatoms. The van der Waals surface area contributed by atoms with Crippen molar-refractivity contribution in [2.75, 3.05) is 11.1 Å². The van der Waals surface area contributed by atoms with Gasteiger partial charge in [0.2, 0.25) is 5.91 Å². The molecule has 2 aromatic carbocycles. The number of aryl methyl sites for hydroxylation is 1. The van der Waals surface area contributed by atoms with Crippen molar-refractivity contribution in [3.8, 4) is 0 Å². The molecule has 0 aliphatic rings. The van der Waals surface area contributed by atoms with E-state index in [1.54, 1.807) is 12.1 Å². The van der Waals surface area contributed by atoms with Gasteiger partial charge in [0, 0.05) is 17.8 Å². The lowest BCUT2D eigenvalue weighted by molar-refractivity contribution is -0.113. The molecule has 0 saturated carbocycles. The number of thioether (sulfide) groups is 1. The third-order valence-corrected chi connectivity index (χ3v) is 6.81. The zero-order valence-electron chi connectivity index (χ0n) is 19.4. The summed E-state index contributed by atoms with van der Waals surface area (Å²) < 4.78 is 1.92. The van der Waals surface area contributed by atoms with Crippen LogP contribution < -0.4 is 10.6 Å². The second-order valence-electron chi connectivity index (χ2n) is 8.12. The van der Waals surface area contributed by atoms with Crippen molar-refractivity contribution in [2.45, 2.75) is 45.4 Å². The van der Waals surface area contributed by atoms with Crippen LogP contribution >= 0.6 is 35.0 Å². The largest absolute Gasteiger partial charge is 0.342 e. The Morgan fingerprint density at radius 3 is 2.50 bits per heavy atom. The summed E-state index contributed by atoms with van der Waals surface area (Å²) in [4.78, 5) is 25.3. The van der Waals surface area contributed by atoms with Crippen LogP contribution in [0.2, 0.25) is 10.0 Å². The van der Waals surface area contributed by atoms with E-state index in [0.717, 1.165) is 11.3 Å². The van der Waals surface area contributed by atoms with E-state index in [2.05, 4.69) is 20.8 Å². The number of carbonyl (C=O) groups is 2. The van der Waals surface area contributed by atoms with Gasteiger partial charge in [-0.3, -0.25) is 9.59 Å². The molecule has 3 aromatic rings. The Kier molecular flexibility index (Phi) is 8.99. The highest BCUT2D eigenvalue weighted by molar-refractivity contribution is 7.99. The maximum absolute atomic E-state index is 12.9. The number of amides is 2. The minimum Gasteiger partial charge on any atom is -0.342 e. The fraction of sp³-hybridized carbons (Fsp3) is 0.333. The predicted molar refractivity (Wildman–Crippen MR) is 138 cm³/mol. The number of halogens is 2. The monoisotopic (exact) mass is 519 g/mol. The quantitative estimate of drug-likeness (QED) is 0.350.